The van der Waals surface area contributed by atoms with Crippen LogP contribution < -0.4 is 11.1 Å². The molecule has 4 N–H and O–H groups in total. The second-order valence-electron chi connectivity index (χ2n) is 4.93. The van der Waals surface area contributed by atoms with Crippen LogP contribution in [0.4, 0.5) is 0 Å². The monoisotopic (exact) mass is 230 g/mol. The van der Waals surface area contributed by atoms with E-state index < -0.39 is 17.6 Å². The maximum atomic E-state index is 11.5. The van der Waals surface area contributed by atoms with Crippen LogP contribution in [0.25, 0.3) is 0 Å². The predicted octanol–water partition coefficient (Wildman–Crippen LogP) is 0.729. The summed E-state index contributed by atoms with van der Waals surface area (Å²) in [5.41, 5.74) is 5.07. The van der Waals surface area contributed by atoms with Gasteiger partial charge in [0.1, 0.15) is 6.04 Å². The van der Waals surface area contributed by atoms with Crippen LogP contribution in [0.5, 0.6) is 0 Å². The summed E-state index contributed by atoms with van der Waals surface area (Å²) in [4.78, 5) is 22.5. The van der Waals surface area contributed by atoms with Gasteiger partial charge in [-0.15, -0.1) is 0 Å². The van der Waals surface area contributed by atoms with Crippen molar-refractivity contribution < 1.29 is 14.7 Å². The Labute approximate surface area is 96.4 Å². The van der Waals surface area contributed by atoms with Gasteiger partial charge < -0.3 is 16.2 Å². The highest BCUT2D eigenvalue weighted by atomic mass is 16.4. The highest BCUT2D eigenvalue weighted by molar-refractivity contribution is 5.84. The number of carboxylic acid groups (broad SMARTS) is 1. The molecule has 0 aromatic heterocycles. The highest BCUT2D eigenvalue weighted by Gasteiger charge is 2.26. The molecule has 2 atom stereocenters. The van der Waals surface area contributed by atoms with Crippen LogP contribution in [0.2, 0.25) is 0 Å². The number of carbonyl (C=O) groups excluding carboxylic acids is 1. The molecular formula is C11H22N2O3. The summed E-state index contributed by atoms with van der Waals surface area (Å²) in [5, 5.41) is 11.5. The summed E-state index contributed by atoms with van der Waals surface area (Å²) >= 11 is 0. The molecule has 0 rings (SSSR count). The number of carbonyl (C=O) groups is 2. The maximum Gasteiger partial charge on any atom is 0.326 e. The molecule has 5 nitrogen and oxygen atoms in total. The number of nitrogens with two attached hydrogens (primary N) is 1. The minimum atomic E-state index is -1.00. The lowest BCUT2D eigenvalue weighted by molar-refractivity contribution is -0.143. The zero-order chi connectivity index (χ0) is 12.9. The second kappa shape index (κ2) is 5.84. The van der Waals surface area contributed by atoms with Crippen LogP contribution >= 0.6 is 0 Å². The fourth-order valence-electron chi connectivity index (χ4n) is 1.32. The van der Waals surface area contributed by atoms with E-state index in [0.29, 0.717) is 6.42 Å². The molecule has 0 heterocycles. The topological polar surface area (TPSA) is 92.4 Å². The Kier molecular flexibility index (Phi) is 5.44. The van der Waals surface area contributed by atoms with E-state index in [4.69, 9.17) is 10.8 Å². The second-order valence-corrected chi connectivity index (χ2v) is 4.93. The minimum absolute atomic E-state index is 0.0951. The Hall–Kier alpha value is -1.10. The van der Waals surface area contributed by atoms with E-state index in [2.05, 4.69) is 5.32 Å². The number of hydrogen-bond donors (Lipinski definition) is 3. The van der Waals surface area contributed by atoms with Gasteiger partial charge in [0, 0.05) is 12.0 Å². The van der Waals surface area contributed by atoms with E-state index in [-0.39, 0.29) is 18.2 Å². The van der Waals surface area contributed by atoms with E-state index >= 15 is 0 Å². The Morgan fingerprint density at radius 1 is 1.44 bits per heavy atom. The van der Waals surface area contributed by atoms with Crippen LogP contribution in [0.1, 0.15) is 40.5 Å². The number of aliphatic carboxylic acids is 1. The number of nitrogens with one attached hydrogen (secondary N) is 1. The molecule has 0 fully saturated rings. The van der Waals surface area contributed by atoms with E-state index in [1.54, 1.807) is 20.8 Å². The number of amides is 1. The average molecular weight is 230 g/mol. The van der Waals surface area contributed by atoms with Crippen LogP contribution in [0.3, 0.4) is 0 Å². The van der Waals surface area contributed by atoms with Crippen molar-refractivity contribution in [2.75, 3.05) is 0 Å². The fourth-order valence-corrected chi connectivity index (χ4v) is 1.32. The third-order valence-electron chi connectivity index (χ3n) is 2.41. The van der Waals surface area contributed by atoms with Crippen molar-refractivity contribution in [2.45, 2.75) is 52.1 Å². The predicted molar refractivity (Wildman–Crippen MR) is 61.9 cm³/mol. The van der Waals surface area contributed by atoms with Crippen molar-refractivity contribution >= 4 is 11.9 Å². The summed E-state index contributed by atoms with van der Waals surface area (Å²) in [7, 11) is 0. The SMILES string of the molecule is CCC(C)C(NC(=O)CC(C)(C)N)C(=O)O. The Morgan fingerprint density at radius 3 is 2.25 bits per heavy atom. The van der Waals surface area contributed by atoms with Crippen LogP contribution in [-0.4, -0.2) is 28.6 Å². The third-order valence-corrected chi connectivity index (χ3v) is 2.41. The van der Waals surface area contributed by atoms with E-state index in [1.165, 1.54) is 0 Å². The first-order valence-electron chi connectivity index (χ1n) is 5.48. The molecule has 0 aliphatic carbocycles. The molecule has 0 aliphatic rings. The van der Waals surface area contributed by atoms with Gasteiger partial charge in [0.2, 0.25) is 5.91 Å². The summed E-state index contributed by atoms with van der Waals surface area (Å²) in [6.07, 6.45) is 0.816. The zero-order valence-corrected chi connectivity index (χ0v) is 10.4. The summed E-state index contributed by atoms with van der Waals surface area (Å²) in [6, 6.07) is -0.833. The normalized spacial score (nSPS) is 15.3. The van der Waals surface area contributed by atoms with Crippen LogP contribution in [-0.2, 0) is 9.59 Å². The standard InChI is InChI=1S/C11H22N2O3/c1-5-7(2)9(10(15)16)13-8(14)6-11(3,4)12/h7,9H,5-6,12H2,1-4H3,(H,13,14)(H,15,16). The number of carboxylic acids is 1. The van der Waals surface area contributed by atoms with Crippen molar-refractivity contribution in [3.05, 3.63) is 0 Å². The molecule has 0 radical (unpaired) electrons. The zero-order valence-electron chi connectivity index (χ0n) is 10.4. The molecule has 5 heteroatoms. The summed E-state index contributed by atoms with van der Waals surface area (Å²) in [5.74, 6) is -1.42. The largest absolute Gasteiger partial charge is 0.480 e. The lowest BCUT2D eigenvalue weighted by atomic mass is 9.97. The minimum Gasteiger partial charge on any atom is -0.480 e. The van der Waals surface area contributed by atoms with E-state index in [1.807, 2.05) is 6.92 Å². The first-order valence-corrected chi connectivity index (χ1v) is 5.48. The summed E-state index contributed by atoms with van der Waals surface area (Å²) in [6.45, 7) is 7.14. The maximum absolute atomic E-state index is 11.5. The lowest BCUT2D eigenvalue weighted by Gasteiger charge is -2.23. The van der Waals surface area contributed by atoms with Gasteiger partial charge in [-0.3, -0.25) is 4.79 Å². The van der Waals surface area contributed by atoms with Crippen LogP contribution in [0, 0.1) is 5.92 Å². The van der Waals surface area contributed by atoms with Crippen molar-refractivity contribution in [3.63, 3.8) is 0 Å². The molecule has 1 amide bonds. The molecular weight excluding hydrogens is 208 g/mol. The molecule has 0 saturated heterocycles. The van der Waals surface area contributed by atoms with Gasteiger partial charge in [-0.25, -0.2) is 4.79 Å². The number of hydrogen-bond acceptors (Lipinski definition) is 3. The molecule has 0 aliphatic heterocycles. The van der Waals surface area contributed by atoms with Crippen molar-refractivity contribution in [2.24, 2.45) is 11.7 Å². The first-order chi connectivity index (χ1) is 7.17. The molecule has 0 spiro atoms. The van der Waals surface area contributed by atoms with Gasteiger partial charge >= 0.3 is 5.97 Å². The third kappa shape index (κ3) is 5.70. The fraction of sp³-hybridized carbons (Fsp3) is 0.818. The van der Waals surface area contributed by atoms with Gasteiger partial charge in [0.05, 0.1) is 0 Å². The van der Waals surface area contributed by atoms with Crippen molar-refractivity contribution in [3.8, 4) is 0 Å². The summed E-state index contributed by atoms with van der Waals surface area (Å²) < 4.78 is 0. The van der Waals surface area contributed by atoms with Gasteiger partial charge in [0.15, 0.2) is 0 Å². The van der Waals surface area contributed by atoms with Crippen molar-refractivity contribution in [1.82, 2.24) is 5.32 Å². The van der Waals surface area contributed by atoms with E-state index in [9.17, 15) is 9.59 Å². The Morgan fingerprint density at radius 2 is 1.94 bits per heavy atom. The smallest absolute Gasteiger partial charge is 0.326 e. The van der Waals surface area contributed by atoms with Gasteiger partial charge in [0.25, 0.3) is 0 Å². The van der Waals surface area contributed by atoms with Gasteiger partial charge in [-0.05, 0) is 19.8 Å². The molecule has 0 aromatic carbocycles. The Balaban J connectivity index is 4.42. The Bertz CT molecular complexity index is 258. The quantitative estimate of drug-likeness (QED) is 0.627. The lowest BCUT2D eigenvalue weighted by Crippen LogP contribution is -2.48. The van der Waals surface area contributed by atoms with Crippen LogP contribution in [0.15, 0.2) is 0 Å². The van der Waals surface area contributed by atoms with Gasteiger partial charge in [-0.1, -0.05) is 20.3 Å². The van der Waals surface area contributed by atoms with Crippen molar-refractivity contribution in [1.29, 1.82) is 0 Å². The van der Waals surface area contributed by atoms with Gasteiger partial charge in [-0.2, -0.15) is 0 Å². The molecule has 0 saturated carbocycles. The molecule has 0 aromatic rings. The first kappa shape index (κ1) is 14.9. The average Bonchev–Trinajstić information content (AvgIpc) is 2.09. The molecule has 2 unspecified atom stereocenters. The molecule has 94 valence electrons. The number of rotatable bonds is 6. The highest BCUT2D eigenvalue weighted by Crippen LogP contribution is 2.09. The molecule has 0 bridgehead atoms. The van der Waals surface area contributed by atoms with E-state index in [0.717, 1.165) is 0 Å². The molecule has 16 heavy (non-hydrogen) atoms.